The van der Waals surface area contributed by atoms with Crippen LogP contribution < -0.4 is 11.1 Å². The van der Waals surface area contributed by atoms with E-state index in [1.54, 1.807) is 6.07 Å². The Morgan fingerprint density at radius 3 is 2.94 bits per heavy atom. The van der Waals surface area contributed by atoms with Gasteiger partial charge in [-0.15, -0.1) is 0 Å². The maximum atomic E-state index is 13.0. The van der Waals surface area contributed by atoms with Crippen LogP contribution in [0.25, 0.3) is 0 Å². The number of rotatable bonds is 3. The largest absolute Gasteiger partial charge is 0.382 e. The Morgan fingerprint density at radius 1 is 1.44 bits per heavy atom. The normalized spacial score (nSPS) is 24.7. The molecule has 2 nitrogen and oxygen atoms in total. The first kappa shape index (κ1) is 11.4. The van der Waals surface area contributed by atoms with Gasteiger partial charge in [-0.1, -0.05) is 6.42 Å². The number of anilines is 1. The molecule has 0 spiro atoms. The Kier molecular flexibility index (Phi) is 3.44. The molecule has 1 aromatic rings. The summed E-state index contributed by atoms with van der Waals surface area (Å²) in [6, 6.07) is 5.33. The van der Waals surface area contributed by atoms with E-state index >= 15 is 0 Å². The molecule has 0 saturated heterocycles. The molecule has 0 heterocycles. The van der Waals surface area contributed by atoms with Crippen molar-refractivity contribution in [2.75, 3.05) is 11.9 Å². The number of hydrogen-bond acceptors (Lipinski definition) is 2. The van der Waals surface area contributed by atoms with Gasteiger partial charge in [-0.3, -0.25) is 0 Å². The molecule has 1 aliphatic rings. The third-order valence-corrected chi connectivity index (χ3v) is 3.49. The average molecular weight is 222 g/mol. The summed E-state index contributed by atoms with van der Waals surface area (Å²) in [5.41, 5.74) is 7.73. The minimum absolute atomic E-state index is 0.176. The van der Waals surface area contributed by atoms with Gasteiger partial charge in [0.05, 0.1) is 0 Å². The predicted octanol–water partition coefficient (Wildman–Crippen LogP) is 2.67. The first-order valence-electron chi connectivity index (χ1n) is 5.93. The Hall–Kier alpha value is -1.09. The molecular weight excluding hydrogens is 203 g/mol. The highest BCUT2D eigenvalue weighted by Gasteiger charge is 2.25. The predicted molar refractivity (Wildman–Crippen MR) is 64.9 cm³/mol. The van der Waals surface area contributed by atoms with Crippen LogP contribution in [0.5, 0.6) is 0 Å². The molecule has 3 N–H and O–H groups in total. The van der Waals surface area contributed by atoms with Crippen LogP contribution in [0.3, 0.4) is 0 Å². The minimum atomic E-state index is -0.176. The molecule has 0 amide bonds. The van der Waals surface area contributed by atoms with Crippen molar-refractivity contribution in [2.45, 2.75) is 32.2 Å². The van der Waals surface area contributed by atoms with Gasteiger partial charge in [0.25, 0.3) is 0 Å². The number of halogens is 1. The lowest BCUT2D eigenvalue weighted by atomic mass is 10.0. The van der Waals surface area contributed by atoms with Gasteiger partial charge in [0, 0.05) is 11.7 Å². The molecule has 88 valence electrons. The second-order valence-electron chi connectivity index (χ2n) is 4.64. The zero-order valence-corrected chi connectivity index (χ0v) is 9.67. The number of hydrogen-bond donors (Lipinski definition) is 2. The van der Waals surface area contributed by atoms with Crippen LogP contribution in [-0.4, -0.2) is 12.6 Å². The van der Waals surface area contributed by atoms with E-state index in [4.69, 9.17) is 5.73 Å². The first-order chi connectivity index (χ1) is 7.70. The van der Waals surface area contributed by atoms with Crippen LogP contribution in [0.2, 0.25) is 0 Å². The summed E-state index contributed by atoms with van der Waals surface area (Å²) in [6.07, 6.45) is 3.60. The Morgan fingerprint density at radius 2 is 2.25 bits per heavy atom. The van der Waals surface area contributed by atoms with E-state index in [9.17, 15) is 4.39 Å². The van der Waals surface area contributed by atoms with Crippen molar-refractivity contribution in [3.63, 3.8) is 0 Å². The zero-order valence-electron chi connectivity index (χ0n) is 9.67. The molecule has 0 aromatic heterocycles. The average Bonchev–Trinajstić information content (AvgIpc) is 2.69. The molecule has 16 heavy (non-hydrogen) atoms. The lowest BCUT2D eigenvalue weighted by Gasteiger charge is -2.21. The molecule has 1 aromatic carbocycles. The Bertz CT molecular complexity index is 365. The third kappa shape index (κ3) is 2.35. The summed E-state index contributed by atoms with van der Waals surface area (Å²) in [5, 5.41) is 3.49. The number of nitrogens with two attached hydrogens (primary N) is 1. The number of benzene rings is 1. The fourth-order valence-electron chi connectivity index (χ4n) is 2.50. The molecule has 2 rings (SSSR count). The molecule has 0 radical (unpaired) electrons. The highest BCUT2D eigenvalue weighted by Crippen LogP contribution is 2.28. The molecule has 3 heteroatoms. The smallest absolute Gasteiger partial charge is 0.123 e. The molecule has 0 bridgehead atoms. The molecule has 1 fully saturated rings. The summed E-state index contributed by atoms with van der Waals surface area (Å²) in [6.45, 7) is 2.66. The molecule has 1 saturated carbocycles. The van der Waals surface area contributed by atoms with E-state index in [1.807, 2.05) is 13.0 Å². The van der Waals surface area contributed by atoms with Crippen molar-refractivity contribution in [3.05, 3.63) is 29.6 Å². The molecule has 1 aliphatic carbocycles. The van der Waals surface area contributed by atoms with Gasteiger partial charge >= 0.3 is 0 Å². The van der Waals surface area contributed by atoms with Crippen molar-refractivity contribution in [2.24, 2.45) is 11.7 Å². The highest BCUT2D eigenvalue weighted by atomic mass is 19.1. The van der Waals surface area contributed by atoms with E-state index < -0.39 is 0 Å². The van der Waals surface area contributed by atoms with Crippen LogP contribution in [0.4, 0.5) is 10.1 Å². The Labute approximate surface area is 96.0 Å². The minimum Gasteiger partial charge on any atom is -0.382 e. The Balaban J connectivity index is 2.08. The van der Waals surface area contributed by atoms with E-state index in [0.717, 1.165) is 17.8 Å². The first-order valence-corrected chi connectivity index (χ1v) is 5.93. The van der Waals surface area contributed by atoms with Crippen molar-refractivity contribution in [1.82, 2.24) is 0 Å². The van der Waals surface area contributed by atoms with Gasteiger partial charge in [-0.2, -0.15) is 0 Å². The SMILES string of the molecule is Cc1cc(F)ccc1NC1CCCC1CN. The highest BCUT2D eigenvalue weighted by molar-refractivity contribution is 5.51. The summed E-state index contributed by atoms with van der Waals surface area (Å²) in [7, 11) is 0. The van der Waals surface area contributed by atoms with Crippen LogP contribution in [0.1, 0.15) is 24.8 Å². The maximum absolute atomic E-state index is 13.0. The van der Waals surface area contributed by atoms with Gasteiger partial charge in [0.2, 0.25) is 0 Å². The lowest BCUT2D eigenvalue weighted by Crippen LogP contribution is -2.29. The van der Waals surface area contributed by atoms with Crippen molar-refractivity contribution >= 4 is 5.69 Å². The van der Waals surface area contributed by atoms with Gasteiger partial charge in [0.1, 0.15) is 5.82 Å². The summed E-state index contributed by atoms with van der Waals surface area (Å²) in [4.78, 5) is 0. The van der Waals surface area contributed by atoms with Crippen LogP contribution in [0, 0.1) is 18.7 Å². The van der Waals surface area contributed by atoms with E-state index in [1.165, 1.54) is 25.3 Å². The lowest BCUT2D eigenvalue weighted by molar-refractivity contribution is 0.516. The van der Waals surface area contributed by atoms with Crippen LogP contribution >= 0.6 is 0 Å². The summed E-state index contributed by atoms with van der Waals surface area (Å²) < 4.78 is 13.0. The number of aryl methyl sites for hydroxylation is 1. The second-order valence-corrected chi connectivity index (χ2v) is 4.64. The van der Waals surface area contributed by atoms with Crippen molar-refractivity contribution in [1.29, 1.82) is 0 Å². The van der Waals surface area contributed by atoms with E-state index in [2.05, 4.69) is 5.32 Å². The molecule has 2 unspecified atom stereocenters. The summed E-state index contributed by atoms with van der Waals surface area (Å²) in [5.74, 6) is 0.384. The maximum Gasteiger partial charge on any atom is 0.123 e. The topological polar surface area (TPSA) is 38.0 Å². The summed E-state index contributed by atoms with van der Waals surface area (Å²) >= 11 is 0. The standard InChI is InChI=1S/C13H19FN2/c1-9-7-11(14)5-6-12(9)16-13-4-2-3-10(13)8-15/h5-7,10,13,16H,2-4,8,15H2,1H3. The monoisotopic (exact) mass is 222 g/mol. The van der Waals surface area contributed by atoms with Crippen molar-refractivity contribution in [3.8, 4) is 0 Å². The van der Waals surface area contributed by atoms with Gasteiger partial charge in [-0.25, -0.2) is 4.39 Å². The van der Waals surface area contributed by atoms with Gasteiger partial charge < -0.3 is 11.1 Å². The molecule has 2 atom stereocenters. The van der Waals surface area contributed by atoms with E-state index in [-0.39, 0.29) is 5.82 Å². The number of nitrogens with one attached hydrogen (secondary N) is 1. The van der Waals surface area contributed by atoms with E-state index in [0.29, 0.717) is 12.0 Å². The molecular formula is C13H19FN2. The quantitative estimate of drug-likeness (QED) is 0.825. The fourth-order valence-corrected chi connectivity index (χ4v) is 2.50. The van der Waals surface area contributed by atoms with Crippen LogP contribution in [0.15, 0.2) is 18.2 Å². The van der Waals surface area contributed by atoms with Gasteiger partial charge in [-0.05, 0) is 56.0 Å². The molecule has 0 aliphatic heterocycles. The second kappa shape index (κ2) is 4.83. The third-order valence-electron chi connectivity index (χ3n) is 3.49. The van der Waals surface area contributed by atoms with Gasteiger partial charge in [0.15, 0.2) is 0 Å². The van der Waals surface area contributed by atoms with Crippen molar-refractivity contribution < 1.29 is 4.39 Å². The van der Waals surface area contributed by atoms with Crippen LogP contribution in [-0.2, 0) is 0 Å². The zero-order chi connectivity index (χ0) is 11.5. The fraction of sp³-hybridized carbons (Fsp3) is 0.538.